The number of nitrogens with one attached hydrogen (secondary N) is 1. The van der Waals surface area contributed by atoms with Gasteiger partial charge in [-0.1, -0.05) is 19.9 Å². The molecule has 1 heterocycles. The topological polar surface area (TPSA) is 72.2 Å². The van der Waals surface area contributed by atoms with Crippen molar-refractivity contribution in [1.29, 1.82) is 0 Å². The summed E-state index contributed by atoms with van der Waals surface area (Å²) < 4.78 is 23.1. The molecule has 3 N–H and O–H groups in total. The molecule has 112 valence electrons. The van der Waals surface area contributed by atoms with Crippen molar-refractivity contribution in [3.05, 3.63) is 23.8 Å². The van der Waals surface area contributed by atoms with Crippen LogP contribution in [0.15, 0.2) is 23.1 Å². The van der Waals surface area contributed by atoms with Gasteiger partial charge in [-0.25, -0.2) is 13.6 Å². The molecule has 1 aromatic rings. The second kappa shape index (κ2) is 5.58. The van der Waals surface area contributed by atoms with E-state index in [-0.39, 0.29) is 4.90 Å². The van der Waals surface area contributed by atoms with Crippen LogP contribution in [0, 0.1) is 12.3 Å². The van der Waals surface area contributed by atoms with Gasteiger partial charge >= 0.3 is 0 Å². The normalized spacial score (nSPS) is 22.5. The summed E-state index contributed by atoms with van der Waals surface area (Å²) in [6, 6.07) is 5.56. The number of hydrogen-bond donors (Lipinski definition) is 2. The maximum Gasteiger partial charge on any atom is 0.238 e. The van der Waals surface area contributed by atoms with Crippen molar-refractivity contribution in [3.8, 4) is 0 Å². The summed E-state index contributed by atoms with van der Waals surface area (Å²) in [7, 11) is -3.66. The molecule has 0 amide bonds. The van der Waals surface area contributed by atoms with Crippen LogP contribution in [-0.2, 0) is 10.0 Å². The number of anilines is 1. The molecule has 2 rings (SSSR count). The molecular weight excluding hydrogens is 292 g/mol. The molecule has 4 nitrogen and oxygen atoms in total. The largest absolute Gasteiger partial charge is 0.381 e. The first kappa shape index (κ1) is 15.7. The van der Waals surface area contributed by atoms with Crippen LogP contribution in [0.2, 0.25) is 0 Å². The minimum Gasteiger partial charge on any atom is -0.381 e. The Hall–Kier alpha value is -0.720. The summed E-state index contributed by atoms with van der Waals surface area (Å²) in [5.41, 5.74) is 1.87. The van der Waals surface area contributed by atoms with Gasteiger partial charge in [0.05, 0.1) is 4.90 Å². The van der Waals surface area contributed by atoms with E-state index in [4.69, 9.17) is 5.14 Å². The molecule has 1 fully saturated rings. The fourth-order valence-corrected chi connectivity index (χ4v) is 4.73. The Morgan fingerprint density at radius 2 is 2.10 bits per heavy atom. The summed E-state index contributed by atoms with van der Waals surface area (Å²) >= 11 is 1.94. The lowest BCUT2D eigenvalue weighted by molar-refractivity contribution is 0.358. The van der Waals surface area contributed by atoms with Gasteiger partial charge in [-0.15, -0.1) is 0 Å². The zero-order valence-electron chi connectivity index (χ0n) is 12.1. The van der Waals surface area contributed by atoms with Gasteiger partial charge in [-0.2, -0.15) is 11.8 Å². The summed E-state index contributed by atoms with van der Waals surface area (Å²) in [4.78, 5) is 0.199. The van der Waals surface area contributed by atoms with E-state index in [1.165, 1.54) is 5.75 Å². The average Bonchev–Trinajstić information content (AvgIpc) is 2.29. The van der Waals surface area contributed by atoms with Crippen molar-refractivity contribution < 1.29 is 8.42 Å². The van der Waals surface area contributed by atoms with E-state index < -0.39 is 10.0 Å². The summed E-state index contributed by atoms with van der Waals surface area (Å²) in [6.45, 7) is 6.33. The number of primary sulfonamides is 1. The van der Waals surface area contributed by atoms with Gasteiger partial charge in [0.15, 0.2) is 0 Å². The Balaban J connectivity index is 2.22. The van der Waals surface area contributed by atoms with Gasteiger partial charge < -0.3 is 5.32 Å². The van der Waals surface area contributed by atoms with Crippen molar-refractivity contribution >= 4 is 27.5 Å². The number of benzene rings is 1. The second-order valence-corrected chi connectivity index (χ2v) is 8.76. The first-order valence-corrected chi connectivity index (χ1v) is 9.36. The summed E-state index contributed by atoms with van der Waals surface area (Å²) in [6.07, 6.45) is 1.08. The molecule has 0 aliphatic carbocycles. The highest BCUT2D eigenvalue weighted by molar-refractivity contribution is 7.99. The van der Waals surface area contributed by atoms with Gasteiger partial charge in [0.1, 0.15) is 0 Å². The minimum absolute atomic E-state index is 0.199. The molecule has 1 aromatic carbocycles. The fraction of sp³-hybridized carbons (Fsp3) is 0.571. The maximum atomic E-state index is 11.5. The number of thioether (sulfide) groups is 1. The standard InChI is InChI=1S/C14H22N2O2S2/c1-10-12(5-4-6-13(10)20(15,17)18)16-11-7-14(2,3)9-19-8-11/h4-6,11,16H,7-9H2,1-3H3,(H2,15,17,18). The van der Waals surface area contributed by atoms with Gasteiger partial charge in [-0.05, 0) is 42.2 Å². The SMILES string of the molecule is Cc1c(NC2CSCC(C)(C)C2)cccc1S(N)(=O)=O. The van der Waals surface area contributed by atoms with Crippen molar-refractivity contribution in [2.75, 3.05) is 16.8 Å². The smallest absolute Gasteiger partial charge is 0.238 e. The number of sulfonamides is 1. The van der Waals surface area contributed by atoms with Crippen LogP contribution in [-0.4, -0.2) is 26.0 Å². The van der Waals surface area contributed by atoms with Crippen molar-refractivity contribution in [2.45, 2.75) is 38.1 Å². The summed E-state index contributed by atoms with van der Waals surface area (Å²) in [5, 5.41) is 8.72. The number of rotatable bonds is 3. The third-order valence-electron chi connectivity index (χ3n) is 3.56. The van der Waals surface area contributed by atoms with Crippen LogP contribution >= 0.6 is 11.8 Å². The number of hydrogen-bond acceptors (Lipinski definition) is 4. The van der Waals surface area contributed by atoms with Crippen molar-refractivity contribution in [1.82, 2.24) is 0 Å². The van der Waals surface area contributed by atoms with E-state index in [0.29, 0.717) is 17.0 Å². The summed E-state index contributed by atoms with van der Waals surface area (Å²) in [5.74, 6) is 2.21. The highest BCUT2D eigenvalue weighted by Crippen LogP contribution is 2.35. The zero-order valence-corrected chi connectivity index (χ0v) is 13.8. The molecule has 1 unspecified atom stereocenters. The lowest BCUT2D eigenvalue weighted by Crippen LogP contribution is -2.35. The van der Waals surface area contributed by atoms with E-state index >= 15 is 0 Å². The second-order valence-electron chi connectivity index (χ2n) is 6.20. The van der Waals surface area contributed by atoms with E-state index in [1.54, 1.807) is 19.1 Å². The monoisotopic (exact) mass is 314 g/mol. The Labute approximate surface area is 125 Å². The highest BCUT2D eigenvalue weighted by Gasteiger charge is 2.28. The Morgan fingerprint density at radius 3 is 2.70 bits per heavy atom. The fourth-order valence-electron chi connectivity index (χ4n) is 2.65. The van der Waals surface area contributed by atoms with Crippen LogP contribution < -0.4 is 10.5 Å². The Bertz CT molecular complexity index is 597. The molecule has 1 aliphatic heterocycles. The molecule has 0 bridgehead atoms. The lowest BCUT2D eigenvalue weighted by atomic mass is 9.87. The zero-order chi connectivity index (χ0) is 15.0. The third-order valence-corrected chi connectivity index (χ3v) is 6.24. The van der Waals surface area contributed by atoms with Crippen LogP contribution in [0.3, 0.4) is 0 Å². The maximum absolute atomic E-state index is 11.5. The van der Waals surface area contributed by atoms with Crippen molar-refractivity contribution in [3.63, 3.8) is 0 Å². The van der Waals surface area contributed by atoms with Crippen LogP contribution in [0.25, 0.3) is 0 Å². The quantitative estimate of drug-likeness (QED) is 0.899. The molecule has 1 atom stereocenters. The molecule has 0 aromatic heterocycles. The first-order chi connectivity index (χ1) is 9.19. The van der Waals surface area contributed by atoms with E-state index in [1.807, 2.05) is 17.8 Å². The third kappa shape index (κ3) is 3.68. The molecule has 1 aliphatic rings. The van der Waals surface area contributed by atoms with Crippen LogP contribution in [0.5, 0.6) is 0 Å². The minimum atomic E-state index is -3.66. The van der Waals surface area contributed by atoms with E-state index in [2.05, 4.69) is 19.2 Å². The Kier molecular flexibility index (Phi) is 4.37. The van der Waals surface area contributed by atoms with E-state index in [9.17, 15) is 8.42 Å². The predicted molar refractivity (Wildman–Crippen MR) is 85.7 cm³/mol. The van der Waals surface area contributed by atoms with Gasteiger partial charge in [0.25, 0.3) is 0 Å². The molecule has 1 saturated heterocycles. The highest BCUT2D eigenvalue weighted by atomic mass is 32.2. The molecule has 20 heavy (non-hydrogen) atoms. The lowest BCUT2D eigenvalue weighted by Gasteiger charge is -2.36. The number of nitrogens with two attached hydrogens (primary N) is 1. The van der Waals surface area contributed by atoms with Crippen molar-refractivity contribution in [2.24, 2.45) is 10.6 Å². The van der Waals surface area contributed by atoms with Crippen LogP contribution in [0.4, 0.5) is 5.69 Å². The molecule has 6 heteroatoms. The average molecular weight is 314 g/mol. The predicted octanol–water partition coefficient (Wildman–Crippen LogP) is 2.59. The van der Waals surface area contributed by atoms with Gasteiger partial charge in [-0.3, -0.25) is 0 Å². The molecule has 0 radical (unpaired) electrons. The van der Waals surface area contributed by atoms with E-state index in [0.717, 1.165) is 17.9 Å². The molecular formula is C14H22N2O2S2. The van der Waals surface area contributed by atoms with Crippen LogP contribution in [0.1, 0.15) is 25.8 Å². The van der Waals surface area contributed by atoms with Gasteiger partial charge in [0, 0.05) is 17.5 Å². The molecule has 0 saturated carbocycles. The molecule has 0 spiro atoms. The Morgan fingerprint density at radius 1 is 1.40 bits per heavy atom. The van der Waals surface area contributed by atoms with Gasteiger partial charge in [0.2, 0.25) is 10.0 Å². The first-order valence-electron chi connectivity index (χ1n) is 6.66.